The van der Waals surface area contributed by atoms with Gasteiger partial charge in [0.05, 0.1) is 47.2 Å². The summed E-state index contributed by atoms with van der Waals surface area (Å²) in [7, 11) is -1.97. The Kier molecular flexibility index (Phi) is 13.4. The Hall–Kier alpha value is -3.58. The lowest BCUT2D eigenvalue weighted by molar-refractivity contribution is 0.147. The summed E-state index contributed by atoms with van der Waals surface area (Å²) in [6.45, 7) is 36.6. The molecule has 262 valence electrons. The number of aliphatic hydroxyl groups is 1. The molecule has 0 fully saturated rings. The SMILES string of the molecule is [C-]#[N+]c1ccc(C[C@@H](c2nnc(C)o2)[C@H](C)O)c(C)c1Cl.[C-]#[N+]c1ccc(C[C@@H](c2nnc(C)o2)[C@H](C)O[Si](C)(C)C(C)(C)C)c(C)c1Cl. The molecule has 0 unspecified atom stereocenters. The van der Waals surface area contributed by atoms with Crippen molar-refractivity contribution in [2.75, 3.05) is 0 Å². The van der Waals surface area contributed by atoms with Gasteiger partial charge in [-0.1, -0.05) is 68.2 Å². The van der Waals surface area contributed by atoms with Crippen LogP contribution < -0.4 is 0 Å². The van der Waals surface area contributed by atoms with E-state index in [1.54, 1.807) is 32.9 Å². The van der Waals surface area contributed by atoms with Gasteiger partial charge in [-0.25, -0.2) is 9.69 Å². The molecule has 13 heteroatoms. The fourth-order valence-corrected chi connectivity index (χ4v) is 6.98. The molecule has 4 rings (SSSR count). The molecule has 0 spiro atoms. The Bertz CT molecular complexity index is 1830. The molecule has 0 saturated heterocycles. The highest BCUT2D eigenvalue weighted by molar-refractivity contribution is 6.74. The van der Waals surface area contributed by atoms with E-state index in [-0.39, 0.29) is 23.0 Å². The summed E-state index contributed by atoms with van der Waals surface area (Å²) in [5, 5.41) is 27.1. The van der Waals surface area contributed by atoms with E-state index in [2.05, 4.69) is 70.9 Å². The zero-order chi connectivity index (χ0) is 36.8. The first-order valence-corrected chi connectivity index (χ1v) is 19.7. The zero-order valence-corrected chi connectivity index (χ0v) is 32.7. The van der Waals surface area contributed by atoms with Crippen LogP contribution in [-0.2, 0) is 17.3 Å². The predicted molar refractivity (Wildman–Crippen MR) is 195 cm³/mol. The van der Waals surface area contributed by atoms with Crippen molar-refractivity contribution in [2.24, 2.45) is 0 Å². The molecule has 0 bridgehead atoms. The molecular weight excluding hydrogens is 679 g/mol. The van der Waals surface area contributed by atoms with Crippen molar-refractivity contribution in [1.29, 1.82) is 0 Å². The molecule has 0 aliphatic heterocycles. The van der Waals surface area contributed by atoms with Gasteiger partial charge >= 0.3 is 0 Å². The van der Waals surface area contributed by atoms with Gasteiger partial charge in [0, 0.05) is 13.8 Å². The minimum atomic E-state index is -1.97. The summed E-state index contributed by atoms with van der Waals surface area (Å²) in [4.78, 5) is 6.86. The maximum absolute atomic E-state index is 9.99. The van der Waals surface area contributed by atoms with Gasteiger partial charge < -0.3 is 18.4 Å². The van der Waals surface area contributed by atoms with Gasteiger partial charge in [-0.05, 0) is 80.9 Å². The lowest BCUT2D eigenvalue weighted by Crippen LogP contribution is -2.44. The summed E-state index contributed by atoms with van der Waals surface area (Å²) in [5.41, 5.74) is 4.67. The summed E-state index contributed by atoms with van der Waals surface area (Å²) < 4.78 is 17.9. The van der Waals surface area contributed by atoms with E-state index in [1.807, 2.05) is 26.0 Å². The summed E-state index contributed by atoms with van der Waals surface area (Å²) >= 11 is 12.6. The highest BCUT2D eigenvalue weighted by atomic mass is 35.5. The van der Waals surface area contributed by atoms with Crippen LogP contribution in [0.1, 0.15) is 92.3 Å². The molecule has 0 aliphatic carbocycles. The van der Waals surface area contributed by atoms with Crippen LogP contribution in [-0.4, -0.2) is 46.0 Å². The van der Waals surface area contributed by atoms with Crippen LogP contribution in [0.15, 0.2) is 33.1 Å². The molecular formula is C36H46Cl2N6O4Si. The third-order valence-electron chi connectivity index (χ3n) is 9.23. The predicted octanol–water partition coefficient (Wildman–Crippen LogP) is 10.2. The van der Waals surface area contributed by atoms with Crippen molar-refractivity contribution in [3.8, 4) is 0 Å². The highest BCUT2D eigenvalue weighted by Crippen LogP contribution is 2.40. The molecule has 1 N–H and O–H groups in total. The minimum absolute atomic E-state index is 0.0936. The Morgan fingerprint density at radius 3 is 1.53 bits per heavy atom. The second-order valence-corrected chi connectivity index (χ2v) is 19.4. The molecule has 10 nitrogen and oxygen atoms in total. The van der Waals surface area contributed by atoms with Gasteiger partial charge in [-0.2, -0.15) is 0 Å². The fourth-order valence-electron chi connectivity index (χ4n) is 5.08. The molecule has 49 heavy (non-hydrogen) atoms. The number of hydrogen-bond acceptors (Lipinski definition) is 8. The first-order valence-electron chi connectivity index (χ1n) is 16.1. The van der Waals surface area contributed by atoms with E-state index >= 15 is 0 Å². The monoisotopic (exact) mass is 724 g/mol. The van der Waals surface area contributed by atoms with E-state index in [0.717, 1.165) is 22.3 Å². The second-order valence-electron chi connectivity index (χ2n) is 13.9. The van der Waals surface area contributed by atoms with Crippen LogP contribution in [0, 0.1) is 40.8 Å². The summed E-state index contributed by atoms with van der Waals surface area (Å²) in [6.07, 6.45) is 0.438. The van der Waals surface area contributed by atoms with Crippen LogP contribution >= 0.6 is 23.2 Å². The maximum atomic E-state index is 9.99. The number of aliphatic hydroxyl groups excluding tert-OH is 1. The Morgan fingerprint density at radius 1 is 0.776 bits per heavy atom. The number of benzene rings is 2. The fraction of sp³-hybridized carbons (Fsp3) is 0.500. The standard InChI is InChI=1S/C21H30ClN3O2Si.C15H16ClN3O2/c1-13-16(10-11-18(23-7)19(13)22)12-17(20-25-24-15(3)26-20)14(2)27-28(8,9)21(4,5)6;1-8-11(5-6-13(17-4)14(8)16)7-12(9(2)20)15-19-18-10(3)21-15/h10-11,14,17H,12H2,1-6,8-9H3;5-6,9,12,20H,7H2,1-3H3/t14-,17+;9-,12+/m00/s1. The minimum Gasteiger partial charge on any atom is -0.425 e. The molecule has 4 atom stereocenters. The molecule has 0 amide bonds. The van der Waals surface area contributed by atoms with Crippen LogP contribution in [0.3, 0.4) is 0 Å². The number of hydrogen-bond donors (Lipinski definition) is 1. The molecule has 2 aromatic heterocycles. The third-order valence-corrected chi connectivity index (χ3v) is 14.8. The van der Waals surface area contributed by atoms with Crippen molar-refractivity contribution in [3.05, 3.63) is 103 Å². The molecule has 0 radical (unpaired) electrons. The first kappa shape index (κ1) is 39.9. The Labute approximate surface area is 301 Å². The smallest absolute Gasteiger partial charge is 0.222 e. The molecule has 2 aromatic carbocycles. The number of nitrogens with zero attached hydrogens (tertiary/aromatic N) is 6. The lowest BCUT2D eigenvalue weighted by Gasteiger charge is -2.40. The molecule has 4 aromatic rings. The van der Waals surface area contributed by atoms with E-state index in [0.29, 0.717) is 57.8 Å². The van der Waals surface area contributed by atoms with Crippen LogP contribution in [0.2, 0.25) is 28.2 Å². The third kappa shape index (κ3) is 9.78. The molecule has 2 heterocycles. The number of halogens is 2. The maximum Gasteiger partial charge on any atom is 0.222 e. The van der Waals surface area contributed by atoms with Crippen molar-refractivity contribution in [2.45, 2.75) is 117 Å². The highest BCUT2D eigenvalue weighted by Gasteiger charge is 2.41. The van der Waals surface area contributed by atoms with Crippen molar-refractivity contribution < 1.29 is 18.4 Å². The van der Waals surface area contributed by atoms with Gasteiger partial charge in [0.15, 0.2) is 8.32 Å². The largest absolute Gasteiger partial charge is 0.425 e. The van der Waals surface area contributed by atoms with E-state index in [1.165, 1.54) is 0 Å². The van der Waals surface area contributed by atoms with Gasteiger partial charge in [-0.15, -0.1) is 20.4 Å². The normalized spacial score (nSPS) is 14.2. The second kappa shape index (κ2) is 16.4. The number of rotatable bonds is 10. The van der Waals surface area contributed by atoms with Crippen molar-refractivity contribution in [3.63, 3.8) is 0 Å². The first-order chi connectivity index (χ1) is 22.8. The summed E-state index contributed by atoms with van der Waals surface area (Å²) in [6, 6.07) is 7.28. The van der Waals surface area contributed by atoms with E-state index in [9.17, 15) is 5.11 Å². The quantitative estimate of drug-likeness (QED) is 0.127. The van der Waals surface area contributed by atoms with Gasteiger partial charge in [-0.3, -0.25) is 0 Å². The Morgan fingerprint density at radius 2 is 1.18 bits per heavy atom. The van der Waals surface area contributed by atoms with Gasteiger partial charge in [0.1, 0.15) is 0 Å². The average molecular weight is 726 g/mol. The van der Waals surface area contributed by atoms with Crippen molar-refractivity contribution in [1.82, 2.24) is 20.4 Å². The van der Waals surface area contributed by atoms with Crippen LogP contribution in [0.25, 0.3) is 9.69 Å². The number of aromatic nitrogens is 4. The van der Waals surface area contributed by atoms with Crippen LogP contribution in [0.5, 0.6) is 0 Å². The summed E-state index contributed by atoms with van der Waals surface area (Å²) in [5.74, 6) is 1.59. The lowest BCUT2D eigenvalue weighted by atomic mass is 9.92. The molecule has 0 aliphatic rings. The zero-order valence-electron chi connectivity index (χ0n) is 30.1. The van der Waals surface area contributed by atoms with Crippen molar-refractivity contribution >= 4 is 42.9 Å². The van der Waals surface area contributed by atoms with Crippen LogP contribution in [0.4, 0.5) is 11.4 Å². The average Bonchev–Trinajstić information content (AvgIpc) is 3.65. The topological polar surface area (TPSA) is 116 Å². The number of aryl methyl sites for hydroxylation is 2. The molecule has 0 saturated carbocycles. The van der Waals surface area contributed by atoms with Gasteiger partial charge in [0.25, 0.3) is 0 Å². The Balaban J connectivity index is 0.000000276. The van der Waals surface area contributed by atoms with Gasteiger partial charge in [0.2, 0.25) is 34.9 Å². The van der Waals surface area contributed by atoms with E-state index in [4.69, 9.17) is 49.6 Å². The van der Waals surface area contributed by atoms with E-state index < -0.39 is 14.4 Å².